The van der Waals surface area contributed by atoms with Crippen LogP contribution in [0.2, 0.25) is 0 Å². The van der Waals surface area contributed by atoms with E-state index in [0.29, 0.717) is 10.9 Å². The molecule has 24 heavy (non-hydrogen) atoms. The summed E-state index contributed by atoms with van der Waals surface area (Å²) < 4.78 is 0. The molecule has 0 spiro atoms. The van der Waals surface area contributed by atoms with Gasteiger partial charge in [0.2, 0.25) is 0 Å². The van der Waals surface area contributed by atoms with Crippen molar-refractivity contribution >= 4 is 29.3 Å². The van der Waals surface area contributed by atoms with Gasteiger partial charge in [-0.3, -0.25) is 14.6 Å². The number of hydrogen-bond acceptors (Lipinski definition) is 4. The van der Waals surface area contributed by atoms with E-state index in [1.54, 1.807) is 30.1 Å². The van der Waals surface area contributed by atoms with E-state index in [9.17, 15) is 9.59 Å². The summed E-state index contributed by atoms with van der Waals surface area (Å²) in [5.41, 5.74) is 1.44. The highest BCUT2D eigenvalue weighted by Gasteiger charge is 2.17. The minimum absolute atomic E-state index is 0.254. The summed E-state index contributed by atoms with van der Waals surface area (Å²) in [7, 11) is 0. The molecule has 0 aliphatic carbocycles. The maximum Gasteiger partial charge on any atom is 0.313 e. The van der Waals surface area contributed by atoms with E-state index in [2.05, 4.69) is 29.5 Å². The lowest BCUT2D eigenvalue weighted by Gasteiger charge is -2.15. The van der Waals surface area contributed by atoms with E-state index >= 15 is 0 Å². The number of hydrogen-bond donors (Lipinski definition) is 2. The Morgan fingerprint density at radius 1 is 1.04 bits per heavy atom. The van der Waals surface area contributed by atoms with Crippen LogP contribution in [0.4, 0.5) is 5.69 Å². The van der Waals surface area contributed by atoms with E-state index < -0.39 is 11.8 Å². The largest absolute Gasteiger partial charge is 0.341 e. The first-order valence-electron chi connectivity index (χ1n) is 7.74. The van der Waals surface area contributed by atoms with Gasteiger partial charge in [0.25, 0.3) is 0 Å². The molecule has 0 aliphatic heterocycles. The molecule has 1 aromatic heterocycles. The molecule has 0 saturated heterocycles. The Morgan fingerprint density at radius 2 is 1.75 bits per heavy atom. The molecular weight excluding hydrogens is 322 g/mol. The number of benzene rings is 1. The van der Waals surface area contributed by atoms with Crippen molar-refractivity contribution in [3.63, 3.8) is 0 Å². The van der Waals surface area contributed by atoms with Crippen molar-refractivity contribution in [3.8, 4) is 0 Å². The standard InChI is InChI=1S/C18H21N3O2S/c1-12(2)24-16-8-6-14(7-9-16)13(3)20-17(22)18(23)21-15-5-4-10-19-11-15/h4-13H,1-3H3,(H,20,22)(H,21,23)/t13-/m0/s1. The van der Waals surface area contributed by atoms with Gasteiger partial charge in [-0.15, -0.1) is 11.8 Å². The number of aromatic nitrogens is 1. The number of thioether (sulfide) groups is 1. The Hall–Kier alpha value is -2.34. The van der Waals surface area contributed by atoms with Crippen molar-refractivity contribution < 1.29 is 9.59 Å². The number of anilines is 1. The minimum atomic E-state index is -0.707. The van der Waals surface area contributed by atoms with Crippen LogP contribution < -0.4 is 10.6 Å². The molecule has 2 rings (SSSR count). The number of rotatable bonds is 5. The van der Waals surface area contributed by atoms with Gasteiger partial charge in [0, 0.05) is 16.3 Å². The second-order valence-corrected chi connectivity index (χ2v) is 7.28. The van der Waals surface area contributed by atoms with Gasteiger partial charge in [-0.25, -0.2) is 0 Å². The molecule has 2 N–H and O–H groups in total. The van der Waals surface area contributed by atoms with Crippen LogP contribution in [0.15, 0.2) is 53.7 Å². The summed E-state index contributed by atoms with van der Waals surface area (Å²) in [6.07, 6.45) is 3.08. The monoisotopic (exact) mass is 343 g/mol. The number of pyridine rings is 1. The Balaban J connectivity index is 1.92. The molecule has 0 radical (unpaired) electrons. The molecule has 1 atom stereocenters. The highest BCUT2D eigenvalue weighted by molar-refractivity contribution is 7.99. The van der Waals surface area contributed by atoms with Crippen LogP contribution in [0.3, 0.4) is 0 Å². The molecule has 0 unspecified atom stereocenters. The van der Waals surface area contributed by atoms with Gasteiger partial charge in [0.15, 0.2) is 0 Å². The Labute approximate surface area is 146 Å². The molecule has 5 nitrogen and oxygen atoms in total. The second kappa shape index (κ2) is 8.49. The Bertz CT molecular complexity index is 687. The fourth-order valence-electron chi connectivity index (χ4n) is 2.08. The molecule has 0 bridgehead atoms. The smallest absolute Gasteiger partial charge is 0.313 e. The third-order valence-corrected chi connectivity index (χ3v) is 4.24. The van der Waals surface area contributed by atoms with Crippen LogP contribution in [0, 0.1) is 0 Å². The number of carbonyl (C=O) groups is 2. The third-order valence-electron chi connectivity index (χ3n) is 3.23. The average molecular weight is 343 g/mol. The van der Waals surface area contributed by atoms with Gasteiger partial charge in [0.1, 0.15) is 0 Å². The van der Waals surface area contributed by atoms with Crippen molar-refractivity contribution in [2.24, 2.45) is 0 Å². The summed E-state index contributed by atoms with van der Waals surface area (Å²) >= 11 is 1.78. The normalized spacial score (nSPS) is 11.8. The third kappa shape index (κ3) is 5.38. The van der Waals surface area contributed by atoms with E-state index in [1.807, 2.05) is 31.2 Å². The fraction of sp³-hybridized carbons (Fsp3) is 0.278. The van der Waals surface area contributed by atoms with Crippen LogP contribution in [0.5, 0.6) is 0 Å². The predicted molar refractivity (Wildman–Crippen MR) is 96.9 cm³/mol. The lowest BCUT2D eigenvalue weighted by atomic mass is 10.1. The molecule has 0 fully saturated rings. The summed E-state index contributed by atoms with van der Waals surface area (Å²) in [4.78, 5) is 29.0. The number of nitrogens with one attached hydrogen (secondary N) is 2. The Kier molecular flexibility index (Phi) is 6.37. The van der Waals surface area contributed by atoms with Gasteiger partial charge in [0.05, 0.1) is 17.9 Å². The molecule has 2 aromatic rings. The summed E-state index contributed by atoms with van der Waals surface area (Å²) in [6, 6.07) is 11.1. The second-order valence-electron chi connectivity index (χ2n) is 5.63. The topological polar surface area (TPSA) is 71.1 Å². The molecule has 0 saturated carbocycles. The first kappa shape index (κ1) is 18.0. The fourth-order valence-corrected chi connectivity index (χ4v) is 2.91. The molecule has 1 heterocycles. The van der Waals surface area contributed by atoms with Crippen LogP contribution in [0.1, 0.15) is 32.4 Å². The first-order chi connectivity index (χ1) is 11.5. The summed E-state index contributed by atoms with van der Waals surface area (Å²) in [5.74, 6) is -1.38. The van der Waals surface area contributed by atoms with Crippen molar-refractivity contribution in [1.82, 2.24) is 10.3 Å². The predicted octanol–water partition coefficient (Wildman–Crippen LogP) is 3.40. The lowest BCUT2D eigenvalue weighted by molar-refractivity contribution is -0.136. The number of nitrogens with zero attached hydrogens (tertiary/aromatic N) is 1. The van der Waals surface area contributed by atoms with Crippen molar-refractivity contribution in [2.45, 2.75) is 37.0 Å². The minimum Gasteiger partial charge on any atom is -0.341 e. The van der Waals surface area contributed by atoms with Gasteiger partial charge >= 0.3 is 11.8 Å². The number of carbonyl (C=O) groups excluding carboxylic acids is 2. The van der Waals surface area contributed by atoms with Crippen LogP contribution in [0.25, 0.3) is 0 Å². The van der Waals surface area contributed by atoms with Crippen molar-refractivity contribution in [1.29, 1.82) is 0 Å². The van der Waals surface area contributed by atoms with Crippen LogP contribution >= 0.6 is 11.8 Å². The average Bonchev–Trinajstić information content (AvgIpc) is 2.55. The molecule has 126 valence electrons. The zero-order chi connectivity index (χ0) is 17.5. The van der Waals surface area contributed by atoms with E-state index in [0.717, 1.165) is 5.56 Å². The van der Waals surface area contributed by atoms with Crippen LogP contribution in [-0.4, -0.2) is 22.0 Å². The maximum atomic E-state index is 12.0. The van der Waals surface area contributed by atoms with Gasteiger partial charge < -0.3 is 10.6 Å². The van der Waals surface area contributed by atoms with E-state index in [-0.39, 0.29) is 6.04 Å². The van der Waals surface area contributed by atoms with Gasteiger partial charge in [-0.2, -0.15) is 0 Å². The molecule has 1 aromatic carbocycles. The molecular formula is C18H21N3O2S. The van der Waals surface area contributed by atoms with Gasteiger partial charge in [-0.1, -0.05) is 26.0 Å². The highest BCUT2D eigenvalue weighted by atomic mass is 32.2. The summed E-state index contributed by atoms with van der Waals surface area (Å²) in [6.45, 7) is 6.13. The zero-order valence-electron chi connectivity index (χ0n) is 13.9. The van der Waals surface area contributed by atoms with E-state index in [4.69, 9.17) is 0 Å². The van der Waals surface area contributed by atoms with E-state index in [1.165, 1.54) is 11.1 Å². The first-order valence-corrected chi connectivity index (χ1v) is 8.62. The molecule has 6 heteroatoms. The lowest BCUT2D eigenvalue weighted by Crippen LogP contribution is -2.36. The maximum absolute atomic E-state index is 12.0. The van der Waals surface area contributed by atoms with Crippen molar-refractivity contribution in [3.05, 3.63) is 54.4 Å². The quantitative estimate of drug-likeness (QED) is 0.645. The van der Waals surface area contributed by atoms with Gasteiger partial charge in [-0.05, 0) is 36.8 Å². The van der Waals surface area contributed by atoms with Crippen molar-refractivity contribution in [2.75, 3.05) is 5.32 Å². The highest BCUT2D eigenvalue weighted by Crippen LogP contribution is 2.24. The zero-order valence-corrected chi connectivity index (χ0v) is 14.8. The van der Waals surface area contributed by atoms with Crippen LogP contribution in [-0.2, 0) is 9.59 Å². The Morgan fingerprint density at radius 3 is 2.33 bits per heavy atom. The number of amides is 2. The summed E-state index contributed by atoms with van der Waals surface area (Å²) in [5, 5.41) is 5.73. The SMILES string of the molecule is CC(C)Sc1ccc([C@H](C)NC(=O)C(=O)Nc2cccnc2)cc1. The molecule has 2 amide bonds. The molecule has 0 aliphatic rings.